The highest BCUT2D eigenvalue weighted by Crippen LogP contribution is 2.15. The summed E-state index contributed by atoms with van der Waals surface area (Å²) in [7, 11) is -3.99. The number of benzene rings is 1. The Bertz CT molecular complexity index is 681. The van der Waals surface area contributed by atoms with Gasteiger partial charge in [-0.15, -0.1) is 0 Å². The van der Waals surface area contributed by atoms with E-state index in [0.29, 0.717) is 5.70 Å². The van der Waals surface area contributed by atoms with Crippen LogP contribution in [0.15, 0.2) is 48.2 Å². The minimum Gasteiger partial charge on any atom is -0.268 e. The molecule has 2 rings (SSSR count). The molecular weight excluding hydrogens is 300 g/mol. The fraction of sp³-hybridized carbons (Fsp3) is 0.0769. The number of rotatable bonds is 4. The summed E-state index contributed by atoms with van der Waals surface area (Å²) in [6, 6.07) is 6.21. The number of hydrogen-bond acceptors (Lipinski definition) is 3. The normalized spacial score (nSPS) is 14.6. The molecule has 0 aliphatic heterocycles. The van der Waals surface area contributed by atoms with E-state index in [0.717, 1.165) is 6.42 Å². The van der Waals surface area contributed by atoms with Crippen molar-refractivity contribution in [2.75, 3.05) is 0 Å². The quantitative estimate of drug-likeness (QED) is 0.892. The molecule has 20 heavy (non-hydrogen) atoms. The first-order valence-electron chi connectivity index (χ1n) is 5.77. The Morgan fingerprint density at radius 2 is 2.00 bits per heavy atom. The first-order chi connectivity index (χ1) is 9.48. The lowest BCUT2D eigenvalue weighted by Crippen LogP contribution is -2.39. The number of hydrogen-bond donors (Lipinski definition) is 2. The summed E-state index contributed by atoms with van der Waals surface area (Å²) < 4.78 is 27.8. The van der Waals surface area contributed by atoms with Gasteiger partial charge in [0.05, 0.1) is 10.6 Å². The van der Waals surface area contributed by atoms with Gasteiger partial charge in [-0.25, -0.2) is 4.72 Å². The highest BCUT2D eigenvalue weighted by molar-refractivity contribution is 7.88. The lowest BCUT2D eigenvalue weighted by Gasteiger charge is -2.12. The van der Waals surface area contributed by atoms with E-state index in [4.69, 9.17) is 11.6 Å². The molecule has 2 N–H and O–H groups in total. The van der Waals surface area contributed by atoms with Crippen LogP contribution in [0.3, 0.4) is 0 Å². The van der Waals surface area contributed by atoms with E-state index in [1.54, 1.807) is 36.8 Å². The Labute approximate surface area is 122 Å². The Morgan fingerprint density at radius 1 is 1.25 bits per heavy atom. The molecule has 0 saturated carbocycles. The fourth-order valence-electron chi connectivity index (χ4n) is 1.60. The van der Waals surface area contributed by atoms with Crippen molar-refractivity contribution in [2.45, 2.75) is 6.42 Å². The van der Waals surface area contributed by atoms with Crippen molar-refractivity contribution in [1.29, 1.82) is 0 Å². The van der Waals surface area contributed by atoms with Gasteiger partial charge in [0.25, 0.3) is 5.91 Å². The standard InChI is InChI=1S/C13H12ClN2O3S/c14-12-9-5-4-8-11(12)13(17)16-20(18,19)15-10-6-2-1-3-7-10/h2-9,15H,1H2,(H,16,17). The lowest BCUT2D eigenvalue weighted by atomic mass is 10.2. The molecule has 1 radical (unpaired) electrons. The van der Waals surface area contributed by atoms with Gasteiger partial charge in [0.15, 0.2) is 0 Å². The fourth-order valence-corrected chi connectivity index (χ4v) is 2.67. The molecule has 0 aromatic heterocycles. The average molecular weight is 312 g/mol. The Balaban J connectivity index is 2.09. The van der Waals surface area contributed by atoms with Gasteiger partial charge in [0.1, 0.15) is 0 Å². The maximum Gasteiger partial charge on any atom is 0.323 e. The maximum absolute atomic E-state index is 11.9. The second kappa shape index (κ2) is 6.11. The van der Waals surface area contributed by atoms with Crippen LogP contribution in [-0.2, 0) is 10.2 Å². The summed E-state index contributed by atoms with van der Waals surface area (Å²) >= 11 is 5.84. The number of halogens is 1. The number of carbonyl (C=O) groups is 1. The molecular formula is C13H12ClN2O3S. The minimum absolute atomic E-state index is 0.0965. The summed E-state index contributed by atoms with van der Waals surface area (Å²) in [5.41, 5.74) is 0.481. The van der Waals surface area contributed by atoms with Crippen LogP contribution in [0, 0.1) is 6.42 Å². The second-order valence-electron chi connectivity index (χ2n) is 4.01. The van der Waals surface area contributed by atoms with Crippen molar-refractivity contribution in [1.82, 2.24) is 9.44 Å². The molecule has 1 aliphatic carbocycles. The maximum atomic E-state index is 11.9. The monoisotopic (exact) mass is 311 g/mol. The zero-order valence-electron chi connectivity index (χ0n) is 10.3. The van der Waals surface area contributed by atoms with Crippen LogP contribution >= 0.6 is 11.6 Å². The molecule has 105 valence electrons. The Morgan fingerprint density at radius 3 is 2.65 bits per heavy atom. The largest absolute Gasteiger partial charge is 0.323 e. The smallest absolute Gasteiger partial charge is 0.268 e. The van der Waals surface area contributed by atoms with Gasteiger partial charge in [-0.1, -0.05) is 35.9 Å². The average Bonchev–Trinajstić information content (AvgIpc) is 2.39. The van der Waals surface area contributed by atoms with Crippen LogP contribution in [0.5, 0.6) is 0 Å². The van der Waals surface area contributed by atoms with Gasteiger partial charge in [0.2, 0.25) is 0 Å². The van der Waals surface area contributed by atoms with Crippen molar-refractivity contribution in [3.05, 3.63) is 65.2 Å². The molecule has 0 atom stereocenters. The summed E-state index contributed by atoms with van der Waals surface area (Å²) in [6.45, 7) is 0. The molecule has 1 aliphatic rings. The third-order valence-corrected chi connectivity index (χ3v) is 3.75. The number of amides is 1. The van der Waals surface area contributed by atoms with E-state index < -0.39 is 16.1 Å². The van der Waals surface area contributed by atoms with Crippen molar-refractivity contribution >= 4 is 27.7 Å². The molecule has 0 saturated heterocycles. The number of nitrogens with one attached hydrogen (secondary N) is 2. The summed E-state index contributed by atoms with van der Waals surface area (Å²) in [6.07, 6.45) is 7.59. The Hall–Kier alpha value is -1.79. The first-order valence-corrected chi connectivity index (χ1v) is 7.63. The van der Waals surface area contributed by atoms with Gasteiger partial charge in [0, 0.05) is 5.70 Å². The van der Waals surface area contributed by atoms with Crippen LogP contribution in [-0.4, -0.2) is 14.3 Å². The van der Waals surface area contributed by atoms with E-state index in [1.165, 1.54) is 12.1 Å². The molecule has 1 aromatic carbocycles. The topological polar surface area (TPSA) is 75.3 Å². The summed E-state index contributed by atoms with van der Waals surface area (Å²) in [4.78, 5) is 11.9. The van der Waals surface area contributed by atoms with Crippen molar-refractivity contribution in [3.8, 4) is 0 Å². The number of allylic oxidation sites excluding steroid dienone is 3. The zero-order valence-corrected chi connectivity index (χ0v) is 11.9. The summed E-state index contributed by atoms with van der Waals surface area (Å²) in [5, 5.41) is 0.185. The van der Waals surface area contributed by atoms with Crippen molar-refractivity contribution < 1.29 is 13.2 Å². The molecule has 1 amide bonds. The molecule has 0 bridgehead atoms. The predicted molar refractivity (Wildman–Crippen MR) is 77.1 cm³/mol. The predicted octanol–water partition coefficient (Wildman–Crippen LogP) is 1.95. The highest BCUT2D eigenvalue weighted by atomic mass is 35.5. The van der Waals surface area contributed by atoms with Gasteiger partial charge in [-0.3, -0.25) is 9.52 Å². The van der Waals surface area contributed by atoms with Crippen LogP contribution < -0.4 is 9.44 Å². The third-order valence-electron chi connectivity index (χ3n) is 2.46. The zero-order chi connectivity index (χ0) is 14.6. The number of carbonyl (C=O) groups excluding carboxylic acids is 1. The van der Waals surface area contributed by atoms with Gasteiger partial charge < -0.3 is 0 Å². The van der Waals surface area contributed by atoms with Crippen molar-refractivity contribution in [2.24, 2.45) is 0 Å². The van der Waals surface area contributed by atoms with Crippen LogP contribution in [0.1, 0.15) is 16.8 Å². The molecule has 0 fully saturated rings. The Kier molecular flexibility index (Phi) is 4.46. The SMILES string of the molecule is O=C(NS(=O)(=O)NC1=C[CH]CC=C1)c1ccccc1Cl. The van der Waals surface area contributed by atoms with E-state index in [-0.39, 0.29) is 10.6 Å². The molecule has 0 unspecified atom stereocenters. The minimum atomic E-state index is -3.99. The van der Waals surface area contributed by atoms with E-state index in [2.05, 4.69) is 4.72 Å². The van der Waals surface area contributed by atoms with E-state index >= 15 is 0 Å². The second-order valence-corrected chi connectivity index (χ2v) is 5.83. The van der Waals surface area contributed by atoms with Crippen LogP contribution in [0.2, 0.25) is 5.02 Å². The molecule has 1 aromatic rings. The van der Waals surface area contributed by atoms with Gasteiger partial charge in [-0.05, 0) is 31.1 Å². The molecule has 7 heteroatoms. The summed E-state index contributed by atoms with van der Waals surface area (Å²) in [5.74, 6) is -0.785. The van der Waals surface area contributed by atoms with Gasteiger partial charge in [-0.2, -0.15) is 8.42 Å². The van der Waals surface area contributed by atoms with E-state index in [9.17, 15) is 13.2 Å². The molecule has 0 spiro atoms. The molecule has 5 nitrogen and oxygen atoms in total. The third kappa shape index (κ3) is 3.85. The van der Waals surface area contributed by atoms with Gasteiger partial charge >= 0.3 is 10.2 Å². The lowest BCUT2D eigenvalue weighted by molar-refractivity contribution is 0.0981. The highest BCUT2D eigenvalue weighted by Gasteiger charge is 2.18. The van der Waals surface area contributed by atoms with E-state index in [1.807, 2.05) is 4.72 Å². The first kappa shape index (κ1) is 14.6. The van der Waals surface area contributed by atoms with Crippen LogP contribution in [0.25, 0.3) is 0 Å². The molecule has 0 heterocycles. The van der Waals surface area contributed by atoms with Crippen LogP contribution in [0.4, 0.5) is 0 Å². The van der Waals surface area contributed by atoms with Crippen molar-refractivity contribution in [3.63, 3.8) is 0 Å².